The van der Waals surface area contributed by atoms with Crippen LogP contribution in [0, 0.1) is 0 Å². The zero-order chi connectivity index (χ0) is 21.1. The van der Waals surface area contributed by atoms with Gasteiger partial charge in [-0.05, 0) is 31.5 Å². The Morgan fingerprint density at radius 3 is 2.57 bits per heavy atom. The number of likely N-dealkylation sites (tertiary alicyclic amines) is 1. The Kier molecular flexibility index (Phi) is 6.65. The van der Waals surface area contributed by atoms with Crippen LogP contribution in [-0.4, -0.2) is 103 Å². The molecule has 2 saturated heterocycles. The molecule has 2 amide bonds. The molecule has 0 N–H and O–H groups in total. The van der Waals surface area contributed by atoms with Crippen LogP contribution >= 0.6 is 11.3 Å². The zero-order valence-electron chi connectivity index (χ0n) is 17.9. The van der Waals surface area contributed by atoms with Gasteiger partial charge in [-0.3, -0.25) is 19.4 Å². The lowest BCUT2D eigenvalue weighted by atomic mass is 9.98. The van der Waals surface area contributed by atoms with Crippen molar-refractivity contribution in [2.75, 3.05) is 66.5 Å². The van der Waals surface area contributed by atoms with Crippen LogP contribution in [0.4, 0.5) is 0 Å². The summed E-state index contributed by atoms with van der Waals surface area (Å²) >= 11 is 1.79. The van der Waals surface area contributed by atoms with E-state index in [1.807, 2.05) is 11.0 Å². The SMILES string of the molecule is CN(C)C(=O)CN1CCN(C(=O)CN2CCC[C@H](c3nc4ccccc4s3)C2)CC1. The first-order valence-corrected chi connectivity index (χ1v) is 11.6. The molecule has 4 rings (SSSR count). The van der Waals surface area contributed by atoms with Crippen LogP contribution in [0.5, 0.6) is 0 Å². The summed E-state index contributed by atoms with van der Waals surface area (Å²) in [7, 11) is 3.56. The Labute approximate surface area is 182 Å². The Bertz CT molecular complexity index is 858. The van der Waals surface area contributed by atoms with Crippen molar-refractivity contribution in [2.24, 2.45) is 0 Å². The highest BCUT2D eigenvalue weighted by Gasteiger charge is 2.28. The molecule has 0 saturated carbocycles. The molecule has 2 aromatic rings. The molecule has 1 aromatic heterocycles. The van der Waals surface area contributed by atoms with E-state index >= 15 is 0 Å². The number of benzene rings is 1. The molecule has 8 heteroatoms. The maximum absolute atomic E-state index is 12.9. The van der Waals surface area contributed by atoms with E-state index in [0.717, 1.165) is 44.5 Å². The molecule has 3 heterocycles. The number of likely N-dealkylation sites (N-methyl/N-ethyl adjacent to an activating group) is 1. The van der Waals surface area contributed by atoms with Crippen LogP contribution in [0.2, 0.25) is 0 Å². The largest absolute Gasteiger partial charge is 0.348 e. The van der Waals surface area contributed by atoms with Gasteiger partial charge in [-0.2, -0.15) is 0 Å². The number of para-hydroxylation sites is 1. The van der Waals surface area contributed by atoms with Crippen molar-refractivity contribution in [3.63, 3.8) is 0 Å². The summed E-state index contributed by atoms with van der Waals surface area (Å²) in [5, 5.41) is 1.20. The topological polar surface area (TPSA) is 60.0 Å². The molecule has 0 spiro atoms. The number of carbonyl (C=O) groups excluding carboxylic acids is 2. The molecule has 0 bridgehead atoms. The minimum Gasteiger partial charge on any atom is -0.348 e. The highest BCUT2D eigenvalue weighted by atomic mass is 32.1. The fraction of sp³-hybridized carbons (Fsp3) is 0.591. The average Bonchev–Trinajstić information content (AvgIpc) is 3.19. The molecule has 30 heavy (non-hydrogen) atoms. The van der Waals surface area contributed by atoms with Crippen LogP contribution in [0.1, 0.15) is 23.8 Å². The fourth-order valence-corrected chi connectivity index (χ4v) is 5.34. The summed E-state index contributed by atoms with van der Waals surface area (Å²) in [6, 6.07) is 8.30. The molecular weight excluding hydrogens is 398 g/mol. The lowest BCUT2D eigenvalue weighted by molar-refractivity contribution is -0.135. The van der Waals surface area contributed by atoms with Gasteiger partial charge in [0, 0.05) is 52.7 Å². The van der Waals surface area contributed by atoms with Crippen LogP contribution in [-0.2, 0) is 9.59 Å². The van der Waals surface area contributed by atoms with Gasteiger partial charge in [0.2, 0.25) is 11.8 Å². The van der Waals surface area contributed by atoms with E-state index in [0.29, 0.717) is 32.1 Å². The second kappa shape index (κ2) is 9.41. The standard InChI is InChI=1S/C22H31N5O2S/c1-24(2)20(28)15-25-10-12-27(13-11-25)21(29)16-26-9-5-6-17(14-26)22-23-18-7-3-4-8-19(18)30-22/h3-4,7-8,17H,5-6,9-16H2,1-2H3/t17-/m0/s1. The molecular formula is C22H31N5O2S. The summed E-state index contributed by atoms with van der Waals surface area (Å²) < 4.78 is 1.24. The number of hydrogen-bond donors (Lipinski definition) is 0. The predicted molar refractivity (Wildman–Crippen MR) is 120 cm³/mol. The van der Waals surface area contributed by atoms with Gasteiger partial charge >= 0.3 is 0 Å². The number of piperazine rings is 1. The Hall–Kier alpha value is -2.03. The third-order valence-electron chi connectivity index (χ3n) is 6.11. The van der Waals surface area contributed by atoms with E-state index in [4.69, 9.17) is 4.98 Å². The van der Waals surface area contributed by atoms with Crippen molar-refractivity contribution in [3.05, 3.63) is 29.3 Å². The molecule has 0 radical (unpaired) electrons. The number of aromatic nitrogens is 1. The van der Waals surface area contributed by atoms with Gasteiger partial charge in [-0.25, -0.2) is 4.98 Å². The minimum absolute atomic E-state index is 0.115. The van der Waals surface area contributed by atoms with E-state index < -0.39 is 0 Å². The predicted octanol–water partition coefficient (Wildman–Crippen LogP) is 1.71. The second-order valence-corrected chi connectivity index (χ2v) is 9.60. The Morgan fingerprint density at radius 2 is 1.83 bits per heavy atom. The third-order valence-corrected chi connectivity index (χ3v) is 7.31. The Morgan fingerprint density at radius 1 is 1.07 bits per heavy atom. The van der Waals surface area contributed by atoms with Crippen molar-refractivity contribution < 1.29 is 9.59 Å². The monoisotopic (exact) mass is 429 g/mol. The van der Waals surface area contributed by atoms with Crippen molar-refractivity contribution in [3.8, 4) is 0 Å². The van der Waals surface area contributed by atoms with Gasteiger partial charge in [0.05, 0.1) is 28.3 Å². The smallest absolute Gasteiger partial charge is 0.236 e. The van der Waals surface area contributed by atoms with Crippen LogP contribution in [0.3, 0.4) is 0 Å². The quantitative estimate of drug-likeness (QED) is 0.724. The van der Waals surface area contributed by atoms with Crippen LogP contribution in [0.25, 0.3) is 10.2 Å². The van der Waals surface area contributed by atoms with Gasteiger partial charge < -0.3 is 9.80 Å². The normalized spacial score (nSPS) is 21.1. The number of fused-ring (bicyclic) bond motifs is 1. The number of piperidine rings is 1. The van der Waals surface area contributed by atoms with E-state index in [1.165, 1.54) is 9.71 Å². The maximum atomic E-state index is 12.9. The lowest BCUT2D eigenvalue weighted by Gasteiger charge is -2.37. The van der Waals surface area contributed by atoms with Gasteiger partial charge in [0.25, 0.3) is 0 Å². The highest BCUT2D eigenvalue weighted by Crippen LogP contribution is 2.32. The number of hydrogen-bond acceptors (Lipinski definition) is 6. The number of amides is 2. The molecule has 2 fully saturated rings. The van der Waals surface area contributed by atoms with Gasteiger partial charge in [-0.15, -0.1) is 11.3 Å². The summed E-state index contributed by atoms with van der Waals surface area (Å²) in [5.74, 6) is 0.736. The maximum Gasteiger partial charge on any atom is 0.236 e. The number of thiazole rings is 1. The van der Waals surface area contributed by atoms with Crippen molar-refractivity contribution in [1.82, 2.24) is 24.6 Å². The van der Waals surface area contributed by atoms with Gasteiger partial charge in [-0.1, -0.05) is 12.1 Å². The molecule has 1 atom stereocenters. The number of carbonyl (C=O) groups is 2. The average molecular weight is 430 g/mol. The Balaban J connectivity index is 1.28. The second-order valence-electron chi connectivity index (χ2n) is 8.54. The molecule has 1 aromatic carbocycles. The first kappa shape index (κ1) is 21.2. The molecule has 0 aliphatic carbocycles. The third kappa shape index (κ3) is 4.99. The molecule has 162 valence electrons. The van der Waals surface area contributed by atoms with Gasteiger partial charge in [0.15, 0.2) is 0 Å². The first-order chi connectivity index (χ1) is 14.5. The number of nitrogens with zero attached hydrogens (tertiary/aromatic N) is 5. The minimum atomic E-state index is 0.115. The van der Waals surface area contributed by atoms with E-state index in [1.54, 1.807) is 30.3 Å². The van der Waals surface area contributed by atoms with Crippen molar-refractivity contribution in [1.29, 1.82) is 0 Å². The molecule has 7 nitrogen and oxygen atoms in total. The lowest BCUT2D eigenvalue weighted by Crippen LogP contribution is -2.53. The number of rotatable bonds is 5. The van der Waals surface area contributed by atoms with Crippen molar-refractivity contribution in [2.45, 2.75) is 18.8 Å². The van der Waals surface area contributed by atoms with Crippen LogP contribution in [0.15, 0.2) is 24.3 Å². The van der Waals surface area contributed by atoms with E-state index in [-0.39, 0.29) is 11.8 Å². The van der Waals surface area contributed by atoms with E-state index in [2.05, 4.69) is 28.0 Å². The fourth-order valence-electron chi connectivity index (χ4n) is 4.24. The molecule has 0 unspecified atom stereocenters. The highest BCUT2D eigenvalue weighted by molar-refractivity contribution is 7.18. The summed E-state index contributed by atoms with van der Waals surface area (Å²) in [4.78, 5) is 37.6. The summed E-state index contributed by atoms with van der Waals surface area (Å²) in [6.07, 6.45) is 2.25. The van der Waals surface area contributed by atoms with Gasteiger partial charge in [0.1, 0.15) is 0 Å². The first-order valence-electron chi connectivity index (χ1n) is 10.8. The zero-order valence-corrected chi connectivity index (χ0v) is 18.7. The summed E-state index contributed by atoms with van der Waals surface area (Å²) in [6.45, 7) is 5.74. The van der Waals surface area contributed by atoms with Crippen LogP contribution < -0.4 is 0 Å². The van der Waals surface area contributed by atoms with E-state index in [9.17, 15) is 9.59 Å². The molecule has 2 aliphatic rings. The van der Waals surface area contributed by atoms with Crippen molar-refractivity contribution >= 4 is 33.4 Å². The molecule has 2 aliphatic heterocycles. The summed E-state index contributed by atoms with van der Waals surface area (Å²) in [5.41, 5.74) is 1.08.